The fraction of sp³-hybridized carbons (Fsp3) is 0.419. The van der Waals surface area contributed by atoms with Crippen molar-refractivity contribution in [2.45, 2.75) is 56.6 Å². The number of nitrogens with one attached hydrogen (secondary N) is 2. The first-order chi connectivity index (χ1) is 21.8. The van der Waals surface area contributed by atoms with Crippen LogP contribution < -0.4 is 21.1 Å². The van der Waals surface area contributed by atoms with Crippen LogP contribution in [0.4, 0.5) is 19.6 Å². The number of amides is 1. The maximum atomic E-state index is 15.0. The first-order valence-corrected chi connectivity index (χ1v) is 16.1. The van der Waals surface area contributed by atoms with Crippen LogP contribution in [0.5, 0.6) is 6.01 Å². The summed E-state index contributed by atoms with van der Waals surface area (Å²) >= 11 is 8.27. The third-order valence-corrected chi connectivity index (χ3v) is 11.0. The van der Waals surface area contributed by atoms with Crippen molar-refractivity contribution < 1.29 is 23.0 Å². The fourth-order valence-electron chi connectivity index (χ4n) is 7.51. The summed E-state index contributed by atoms with van der Waals surface area (Å²) in [6.45, 7) is 2.38. The van der Waals surface area contributed by atoms with Crippen LogP contribution in [-0.2, 0) is 22.7 Å². The Hall–Kier alpha value is -3.83. The number of aromatic nitrogens is 2. The van der Waals surface area contributed by atoms with Gasteiger partial charge < -0.3 is 25.8 Å². The van der Waals surface area contributed by atoms with Gasteiger partial charge in [-0.05, 0) is 48.6 Å². The molecule has 10 nitrogen and oxygen atoms in total. The molecule has 4 N–H and O–H groups in total. The molecule has 3 atom stereocenters. The second-order valence-corrected chi connectivity index (χ2v) is 13.5. The van der Waals surface area contributed by atoms with Crippen LogP contribution in [0.1, 0.15) is 42.4 Å². The normalized spacial score (nSPS) is 24.3. The Morgan fingerprint density at radius 1 is 1.31 bits per heavy atom. The molecule has 2 aromatic heterocycles. The molecule has 6 heterocycles. The Labute approximate surface area is 265 Å². The maximum absolute atomic E-state index is 15.0. The Morgan fingerprint density at radius 3 is 2.96 bits per heavy atom. The van der Waals surface area contributed by atoms with Crippen LogP contribution in [0.2, 0.25) is 5.02 Å². The fourth-order valence-corrected chi connectivity index (χ4v) is 8.82. The van der Waals surface area contributed by atoms with Gasteiger partial charge in [0.15, 0.2) is 0 Å². The van der Waals surface area contributed by atoms with Crippen molar-refractivity contribution in [1.29, 1.82) is 5.26 Å². The Balaban J connectivity index is 1.33. The van der Waals surface area contributed by atoms with E-state index in [0.717, 1.165) is 41.9 Å². The van der Waals surface area contributed by atoms with Gasteiger partial charge in [0, 0.05) is 30.5 Å². The summed E-state index contributed by atoms with van der Waals surface area (Å²) in [7, 11) is 0. The van der Waals surface area contributed by atoms with E-state index in [4.69, 9.17) is 36.8 Å². The number of rotatable bonds is 6. The molecule has 232 valence electrons. The topological polar surface area (TPSA) is 138 Å². The molecule has 0 spiro atoms. The second kappa shape index (κ2) is 10.6. The van der Waals surface area contributed by atoms with Crippen molar-refractivity contribution in [2.24, 2.45) is 0 Å². The maximum Gasteiger partial charge on any atom is 0.319 e. The van der Waals surface area contributed by atoms with Crippen LogP contribution in [0.25, 0.3) is 32.1 Å². The first kappa shape index (κ1) is 28.6. The Bertz CT molecular complexity index is 1970. The minimum atomic E-state index is -0.916. The van der Waals surface area contributed by atoms with E-state index < -0.39 is 23.6 Å². The smallest absolute Gasteiger partial charge is 0.319 e. The van der Waals surface area contributed by atoms with Crippen LogP contribution in [0, 0.1) is 17.1 Å². The predicted molar refractivity (Wildman–Crippen MR) is 167 cm³/mol. The highest BCUT2D eigenvalue weighted by Crippen LogP contribution is 2.49. The average Bonchev–Trinajstić information content (AvgIpc) is 3.83. The number of fused-ring (bicyclic) bond motifs is 5. The summed E-state index contributed by atoms with van der Waals surface area (Å²) in [6.07, 6.45) is 1.81. The molecule has 0 radical (unpaired) electrons. The molecule has 0 saturated carbocycles. The number of carbonyl (C=O) groups excluding carboxylic acids is 1. The van der Waals surface area contributed by atoms with Gasteiger partial charge in [-0.15, -0.1) is 11.3 Å². The summed E-state index contributed by atoms with van der Waals surface area (Å²) in [5.74, 6) is -0.253. The average molecular weight is 652 g/mol. The molecule has 4 aromatic rings. The van der Waals surface area contributed by atoms with E-state index in [1.165, 1.54) is 6.07 Å². The SMILES string of the molecule is N#Cc1c(N)sc2c(F)ccc(-c3c4c(c5c(N[C@H]6CCNC6=O)nc(OC[C@@]67CCCN6C[C@H](F)C7)nc5c3Cl)COC4)c12. The van der Waals surface area contributed by atoms with E-state index in [1.54, 1.807) is 6.07 Å². The highest BCUT2D eigenvalue weighted by Gasteiger charge is 2.49. The van der Waals surface area contributed by atoms with Gasteiger partial charge in [-0.1, -0.05) is 17.7 Å². The number of hydrogen-bond donors (Lipinski definition) is 3. The third kappa shape index (κ3) is 4.41. The van der Waals surface area contributed by atoms with Gasteiger partial charge in [-0.3, -0.25) is 9.69 Å². The largest absolute Gasteiger partial charge is 0.461 e. The molecule has 3 saturated heterocycles. The number of halogens is 3. The number of nitrogens with zero attached hydrogens (tertiary/aromatic N) is 4. The number of hydrogen-bond acceptors (Lipinski definition) is 10. The Morgan fingerprint density at radius 2 is 2.16 bits per heavy atom. The number of nitrogen functional groups attached to an aromatic ring is 1. The molecule has 8 rings (SSSR count). The summed E-state index contributed by atoms with van der Waals surface area (Å²) in [6, 6.07) is 4.58. The molecular formula is C31H28ClF2N7O3S. The highest BCUT2D eigenvalue weighted by molar-refractivity contribution is 7.23. The molecule has 3 fully saturated rings. The number of nitriles is 1. The molecule has 0 unspecified atom stereocenters. The number of anilines is 2. The monoisotopic (exact) mass is 651 g/mol. The van der Waals surface area contributed by atoms with Gasteiger partial charge in [0.1, 0.15) is 41.5 Å². The third-order valence-electron chi connectivity index (χ3n) is 9.57. The van der Waals surface area contributed by atoms with Crippen LogP contribution in [-0.4, -0.2) is 64.8 Å². The molecule has 14 heteroatoms. The number of thiophene rings is 1. The van der Waals surface area contributed by atoms with Gasteiger partial charge in [0.25, 0.3) is 0 Å². The van der Waals surface area contributed by atoms with Crippen LogP contribution in [0.15, 0.2) is 12.1 Å². The lowest BCUT2D eigenvalue weighted by atomic mass is 9.91. The van der Waals surface area contributed by atoms with Crippen molar-refractivity contribution in [3.05, 3.63) is 39.7 Å². The summed E-state index contributed by atoms with van der Waals surface area (Å²) in [5, 5.41) is 17.5. The zero-order valence-electron chi connectivity index (χ0n) is 24.0. The lowest BCUT2D eigenvalue weighted by Gasteiger charge is -2.31. The minimum absolute atomic E-state index is 0.0420. The standard InChI is InChI=1S/C31H28ClF2N7O3S/c32-24-21(15-2-3-19(34)26-22(15)16(9-35)27(36)45-26)17-11-43-12-18(17)23-25(24)39-30(40-28(23)38-20-4-6-37-29(20)42)44-13-31-5-1-7-41(31)10-14(33)8-31/h2-3,14,20H,1,4-8,10-13,36H2,(H,37,42)(H,38,39,40)/t14-,20+,31+/m1/s1. The van der Waals surface area contributed by atoms with Gasteiger partial charge in [0.2, 0.25) is 5.91 Å². The molecule has 45 heavy (non-hydrogen) atoms. The lowest BCUT2D eigenvalue weighted by molar-refractivity contribution is -0.119. The minimum Gasteiger partial charge on any atom is -0.461 e. The quantitative estimate of drug-likeness (QED) is 0.262. The van der Waals surface area contributed by atoms with Crippen molar-refractivity contribution in [2.75, 3.05) is 37.3 Å². The summed E-state index contributed by atoms with van der Waals surface area (Å²) in [4.78, 5) is 24.3. The van der Waals surface area contributed by atoms with E-state index in [9.17, 15) is 18.8 Å². The zero-order chi connectivity index (χ0) is 31.0. The van der Waals surface area contributed by atoms with E-state index in [0.29, 0.717) is 59.2 Å². The number of ether oxygens (including phenoxy) is 2. The van der Waals surface area contributed by atoms with E-state index >= 15 is 0 Å². The van der Waals surface area contributed by atoms with E-state index in [2.05, 4.69) is 21.6 Å². The number of nitrogens with two attached hydrogens (primary N) is 1. The predicted octanol–water partition coefficient (Wildman–Crippen LogP) is 5.04. The first-order valence-electron chi connectivity index (χ1n) is 14.9. The van der Waals surface area contributed by atoms with Gasteiger partial charge >= 0.3 is 6.01 Å². The highest BCUT2D eigenvalue weighted by atomic mass is 35.5. The van der Waals surface area contributed by atoms with Gasteiger partial charge in [-0.2, -0.15) is 15.2 Å². The van der Waals surface area contributed by atoms with Gasteiger partial charge in [-0.25, -0.2) is 8.78 Å². The molecule has 0 bridgehead atoms. The molecule has 0 aliphatic carbocycles. The molecule has 4 aliphatic heterocycles. The van der Waals surface area contributed by atoms with Crippen molar-refractivity contribution in [3.8, 4) is 23.2 Å². The molecular weight excluding hydrogens is 624 g/mol. The summed E-state index contributed by atoms with van der Waals surface area (Å²) < 4.78 is 41.9. The zero-order valence-corrected chi connectivity index (χ0v) is 25.6. The van der Waals surface area contributed by atoms with Crippen molar-refractivity contribution in [3.63, 3.8) is 0 Å². The van der Waals surface area contributed by atoms with E-state index in [-0.39, 0.29) is 52.0 Å². The molecule has 4 aliphatic rings. The van der Waals surface area contributed by atoms with Gasteiger partial charge in [0.05, 0.1) is 44.9 Å². The van der Waals surface area contributed by atoms with Crippen LogP contribution >= 0.6 is 22.9 Å². The second-order valence-electron chi connectivity index (χ2n) is 12.1. The number of benzene rings is 2. The molecule has 2 aromatic carbocycles. The van der Waals surface area contributed by atoms with Crippen molar-refractivity contribution in [1.82, 2.24) is 20.2 Å². The van der Waals surface area contributed by atoms with Crippen LogP contribution in [0.3, 0.4) is 0 Å². The number of carbonyl (C=O) groups is 1. The lowest BCUT2D eigenvalue weighted by Crippen LogP contribution is -2.43. The Kier molecular flexibility index (Phi) is 6.76. The molecule has 1 amide bonds. The van der Waals surface area contributed by atoms with Crippen molar-refractivity contribution >= 4 is 60.7 Å². The van der Waals surface area contributed by atoms with E-state index in [1.807, 2.05) is 0 Å². The number of alkyl halides is 1. The summed E-state index contributed by atoms with van der Waals surface area (Å²) in [5.41, 5.74) is 8.88.